The van der Waals surface area contributed by atoms with E-state index in [1.807, 2.05) is 0 Å². The second kappa shape index (κ2) is 3.38. The molecule has 0 unspecified atom stereocenters. The van der Waals surface area contributed by atoms with Crippen LogP contribution in [0, 0.1) is 28.8 Å². The van der Waals surface area contributed by atoms with Crippen LogP contribution in [0.5, 0.6) is 0 Å². The van der Waals surface area contributed by atoms with Gasteiger partial charge in [0.1, 0.15) is 11.6 Å². The van der Waals surface area contributed by atoms with Crippen molar-refractivity contribution >= 4 is 5.97 Å². The molecule has 14 heavy (non-hydrogen) atoms. The van der Waals surface area contributed by atoms with E-state index in [9.17, 15) is 18.0 Å². The van der Waals surface area contributed by atoms with Crippen LogP contribution in [0.15, 0.2) is 6.07 Å². The van der Waals surface area contributed by atoms with Crippen LogP contribution in [-0.2, 0) is 0 Å². The van der Waals surface area contributed by atoms with E-state index in [1.54, 1.807) is 0 Å². The number of carbonyl (C=O) groups is 1. The van der Waals surface area contributed by atoms with Crippen molar-refractivity contribution in [2.24, 2.45) is 0 Å². The first-order valence-corrected chi connectivity index (χ1v) is 3.30. The molecule has 0 bridgehead atoms. The van der Waals surface area contributed by atoms with E-state index in [0.717, 1.165) is 6.07 Å². The number of nitriles is 1. The summed E-state index contributed by atoms with van der Waals surface area (Å²) >= 11 is 0. The molecule has 1 aromatic rings. The van der Waals surface area contributed by atoms with Crippen molar-refractivity contribution in [1.29, 1.82) is 5.26 Å². The second-order valence-electron chi connectivity index (χ2n) is 2.33. The molecule has 72 valence electrons. The summed E-state index contributed by atoms with van der Waals surface area (Å²) in [5, 5.41) is 16.6. The van der Waals surface area contributed by atoms with Crippen molar-refractivity contribution in [2.75, 3.05) is 0 Å². The lowest BCUT2D eigenvalue weighted by Gasteiger charge is -2.01. The lowest BCUT2D eigenvalue weighted by atomic mass is 10.1. The number of aromatic carboxylic acids is 1. The molecule has 0 aliphatic heterocycles. The van der Waals surface area contributed by atoms with Crippen molar-refractivity contribution in [3.63, 3.8) is 0 Å². The molecule has 0 fully saturated rings. The van der Waals surface area contributed by atoms with Gasteiger partial charge in [-0.1, -0.05) is 0 Å². The van der Waals surface area contributed by atoms with Gasteiger partial charge in [0.2, 0.25) is 0 Å². The van der Waals surface area contributed by atoms with Gasteiger partial charge in [-0.3, -0.25) is 0 Å². The van der Waals surface area contributed by atoms with Crippen molar-refractivity contribution < 1.29 is 23.1 Å². The third-order valence-corrected chi connectivity index (χ3v) is 1.50. The highest BCUT2D eigenvalue weighted by molar-refractivity contribution is 5.88. The Balaban J connectivity index is 3.61. The molecular formula is C8H2F3NO2. The third-order valence-electron chi connectivity index (χ3n) is 1.50. The molecule has 0 amide bonds. The molecule has 0 heterocycles. The largest absolute Gasteiger partial charge is 0.478 e. The van der Waals surface area contributed by atoms with Gasteiger partial charge in [0.15, 0.2) is 17.5 Å². The van der Waals surface area contributed by atoms with Gasteiger partial charge in [0.25, 0.3) is 0 Å². The fourth-order valence-electron chi connectivity index (χ4n) is 0.858. The summed E-state index contributed by atoms with van der Waals surface area (Å²) in [6, 6.07) is 1.23. The number of benzene rings is 1. The fourth-order valence-corrected chi connectivity index (χ4v) is 0.858. The predicted octanol–water partition coefficient (Wildman–Crippen LogP) is 1.67. The Morgan fingerprint density at radius 1 is 1.36 bits per heavy atom. The Morgan fingerprint density at radius 3 is 2.36 bits per heavy atom. The van der Waals surface area contributed by atoms with Gasteiger partial charge >= 0.3 is 5.97 Å². The first-order valence-electron chi connectivity index (χ1n) is 3.30. The number of nitrogens with zero attached hydrogens (tertiary/aromatic N) is 1. The topological polar surface area (TPSA) is 61.1 Å². The summed E-state index contributed by atoms with van der Waals surface area (Å²) in [6.07, 6.45) is 0. The van der Waals surface area contributed by atoms with Crippen LogP contribution in [0.1, 0.15) is 15.9 Å². The zero-order valence-corrected chi connectivity index (χ0v) is 6.51. The van der Waals surface area contributed by atoms with Crippen LogP contribution in [0.25, 0.3) is 0 Å². The van der Waals surface area contributed by atoms with E-state index in [1.165, 1.54) is 0 Å². The third kappa shape index (κ3) is 1.40. The lowest BCUT2D eigenvalue weighted by molar-refractivity contribution is 0.0691. The number of hydrogen-bond donors (Lipinski definition) is 1. The maximum absolute atomic E-state index is 13.0. The Kier molecular flexibility index (Phi) is 2.42. The summed E-state index contributed by atoms with van der Waals surface area (Å²) < 4.78 is 38.2. The molecule has 0 atom stereocenters. The van der Waals surface area contributed by atoms with Crippen LogP contribution >= 0.6 is 0 Å². The quantitative estimate of drug-likeness (QED) is 0.703. The Morgan fingerprint density at radius 2 is 1.93 bits per heavy atom. The Hall–Kier alpha value is -2.03. The maximum Gasteiger partial charge on any atom is 0.338 e. The minimum absolute atomic E-state index is 0.188. The molecular weight excluding hydrogens is 199 g/mol. The zero-order valence-electron chi connectivity index (χ0n) is 6.51. The molecule has 3 nitrogen and oxygen atoms in total. The van der Waals surface area contributed by atoms with Gasteiger partial charge in [-0.2, -0.15) is 5.26 Å². The number of carboxylic acids is 1. The van der Waals surface area contributed by atoms with Crippen molar-refractivity contribution in [3.05, 3.63) is 34.6 Å². The van der Waals surface area contributed by atoms with E-state index in [-0.39, 0.29) is 6.07 Å². The van der Waals surface area contributed by atoms with Gasteiger partial charge in [-0.05, 0) is 6.07 Å². The van der Waals surface area contributed by atoms with Gasteiger partial charge in [-0.15, -0.1) is 0 Å². The van der Waals surface area contributed by atoms with Gasteiger partial charge < -0.3 is 5.11 Å². The van der Waals surface area contributed by atoms with E-state index in [0.29, 0.717) is 0 Å². The van der Waals surface area contributed by atoms with E-state index in [2.05, 4.69) is 0 Å². The molecule has 1 N–H and O–H groups in total. The standard InChI is InChI=1S/C8H2F3NO2/c9-5-1-3(8(13)14)6(10)4(2-12)7(5)11/h1H,(H,13,14). The summed E-state index contributed by atoms with van der Waals surface area (Å²) in [5.41, 5.74) is -2.30. The van der Waals surface area contributed by atoms with Crippen molar-refractivity contribution in [3.8, 4) is 6.07 Å². The lowest BCUT2D eigenvalue weighted by Crippen LogP contribution is -2.06. The van der Waals surface area contributed by atoms with Gasteiger partial charge in [0, 0.05) is 0 Å². The maximum atomic E-state index is 13.0. The minimum atomic E-state index is -1.77. The predicted molar refractivity (Wildman–Crippen MR) is 38.0 cm³/mol. The molecule has 0 saturated heterocycles. The van der Waals surface area contributed by atoms with Crippen molar-refractivity contribution in [1.82, 2.24) is 0 Å². The SMILES string of the molecule is N#Cc1c(F)c(F)cc(C(=O)O)c1F. The second-order valence-corrected chi connectivity index (χ2v) is 2.33. The molecule has 1 aromatic carbocycles. The van der Waals surface area contributed by atoms with E-state index in [4.69, 9.17) is 10.4 Å². The highest BCUT2D eigenvalue weighted by Crippen LogP contribution is 2.19. The summed E-state index contributed by atoms with van der Waals surface area (Å²) in [4.78, 5) is 10.3. The monoisotopic (exact) mass is 201 g/mol. The highest BCUT2D eigenvalue weighted by Gasteiger charge is 2.21. The van der Waals surface area contributed by atoms with Crippen LogP contribution in [-0.4, -0.2) is 11.1 Å². The fraction of sp³-hybridized carbons (Fsp3) is 0. The summed E-state index contributed by atoms with van der Waals surface area (Å²) in [6.45, 7) is 0. The highest BCUT2D eigenvalue weighted by atomic mass is 19.2. The van der Waals surface area contributed by atoms with Crippen LogP contribution in [0.2, 0.25) is 0 Å². The summed E-state index contributed by atoms with van der Waals surface area (Å²) in [7, 11) is 0. The number of halogens is 3. The Labute approximate surface area is 76.0 Å². The smallest absolute Gasteiger partial charge is 0.338 e. The van der Waals surface area contributed by atoms with Crippen LogP contribution < -0.4 is 0 Å². The molecule has 0 aromatic heterocycles. The average Bonchev–Trinajstić information content (AvgIpc) is 2.12. The number of rotatable bonds is 1. The van der Waals surface area contributed by atoms with Gasteiger partial charge in [-0.25, -0.2) is 18.0 Å². The first kappa shape index (κ1) is 10.1. The molecule has 6 heteroatoms. The molecule has 0 spiro atoms. The van der Waals surface area contributed by atoms with Crippen molar-refractivity contribution in [2.45, 2.75) is 0 Å². The zero-order chi connectivity index (χ0) is 10.9. The molecule has 0 saturated carbocycles. The molecule has 0 aliphatic carbocycles. The molecule has 1 rings (SSSR count). The first-order chi connectivity index (χ1) is 6.49. The van der Waals surface area contributed by atoms with E-state index >= 15 is 0 Å². The number of carboxylic acid groups (broad SMARTS) is 1. The summed E-state index contributed by atoms with van der Waals surface area (Å²) in [5.74, 6) is -6.59. The van der Waals surface area contributed by atoms with E-state index < -0.39 is 34.5 Å². The molecule has 0 radical (unpaired) electrons. The van der Waals surface area contributed by atoms with Gasteiger partial charge in [0.05, 0.1) is 5.56 Å². The molecule has 0 aliphatic rings. The average molecular weight is 201 g/mol. The normalized spacial score (nSPS) is 9.57. The van der Waals surface area contributed by atoms with Crippen LogP contribution in [0.3, 0.4) is 0 Å². The van der Waals surface area contributed by atoms with Crippen LogP contribution in [0.4, 0.5) is 13.2 Å². The Bertz CT molecular complexity index is 451. The number of hydrogen-bond acceptors (Lipinski definition) is 2. The minimum Gasteiger partial charge on any atom is -0.478 e.